The zero-order chi connectivity index (χ0) is 12.1. The van der Waals surface area contributed by atoms with Crippen LogP contribution in [0.1, 0.15) is 12.6 Å². The zero-order valence-corrected chi connectivity index (χ0v) is 10.8. The lowest BCUT2D eigenvalue weighted by molar-refractivity contribution is 0.300. The molecule has 0 aliphatic carbocycles. The number of aromatic nitrogens is 1. The van der Waals surface area contributed by atoms with E-state index in [0.29, 0.717) is 23.3 Å². The quantitative estimate of drug-likeness (QED) is 0.779. The summed E-state index contributed by atoms with van der Waals surface area (Å²) in [5.74, 6) is -0.0111. The lowest BCUT2D eigenvalue weighted by Crippen LogP contribution is -2.24. The van der Waals surface area contributed by atoms with Gasteiger partial charge in [0.1, 0.15) is 5.15 Å². The van der Waals surface area contributed by atoms with Crippen LogP contribution in [-0.4, -0.2) is 23.5 Å². The van der Waals surface area contributed by atoms with E-state index in [9.17, 15) is 0 Å². The number of hydrogen-bond donors (Lipinski definition) is 0. The summed E-state index contributed by atoms with van der Waals surface area (Å²) in [4.78, 5) is 6.15. The second-order valence-electron chi connectivity index (χ2n) is 3.79. The van der Waals surface area contributed by atoms with Gasteiger partial charge in [-0.2, -0.15) is 5.26 Å². The van der Waals surface area contributed by atoms with Gasteiger partial charge in [0.25, 0.3) is 0 Å². The number of nitriles is 1. The molecule has 0 saturated carbocycles. The molecule has 1 rings (SSSR count). The first kappa shape index (κ1) is 13.2. The average Bonchev–Trinajstić information content (AvgIpc) is 2.23. The molecule has 0 saturated heterocycles. The Kier molecular flexibility index (Phi) is 5.01. The van der Waals surface area contributed by atoms with Crippen LogP contribution in [0.3, 0.4) is 0 Å². The van der Waals surface area contributed by atoms with Crippen molar-refractivity contribution in [2.75, 3.05) is 13.6 Å². The van der Waals surface area contributed by atoms with Gasteiger partial charge in [0.2, 0.25) is 0 Å². The number of halogens is 2. The monoisotopic (exact) mass is 257 g/mol. The third kappa shape index (κ3) is 3.97. The molecule has 0 bridgehead atoms. The molecule has 86 valence electrons. The minimum atomic E-state index is -0.0111. The minimum Gasteiger partial charge on any atom is -0.299 e. The van der Waals surface area contributed by atoms with Crippen LogP contribution < -0.4 is 0 Å². The lowest BCUT2D eigenvalue weighted by atomic mass is 10.2. The summed E-state index contributed by atoms with van der Waals surface area (Å²) in [6.45, 7) is 3.15. The van der Waals surface area contributed by atoms with E-state index in [1.165, 1.54) is 0 Å². The topological polar surface area (TPSA) is 39.9 Å². The highest BCUT2D eigenvalue weighted by Gasteiger charge is 2.09. The molecule has 1 heterocycles. The molecule has 1 atom stereocenters. The molecular formula is C11H13Cl2N3. The molecule has 3 nitrogen and oxygen atoms in total. The van der Waals surface area contributed by atoms with Crippen LogP contribution in [0.5, 0.6) is 0 Å². The molecule has 0 aliphatic rings. The van der Waals surface area contributed by atoms with Gasteiger partial charge in [-0.3, -0.25) is 4.90 Å². The van der Waals surface area contributed by atoms with Crippen molar-refractivity contribution in [3.8, 4) is 6.07 Å². The van der Waals surface area contributed by atoms with Crippen molar-refractivity contribution in [1.82, 2.24) is 9.88 Å². The van der Waals surface area contributed by atoms with Crippen LogP contribution >= 0.6 is 23.2 Å². The van der Waals surface area contributed by atoms with Gasteiger partial charge < -0.3 is 0 Å². The summed E-state index contributed by atoms with van der Waals surface area (Å²) >= 11 is 11.8. The molecule has 1 unspecified atom stereocenters. The fraction of sp³-hybridized carbons (Fsp3) is 0.455. The van der Waals surface area contributed by atoms with Crippen LogP contribution in [0.15, 0.2) is 12.1 Å². The van der Waals surface area contributed by atoms with Gasteiger partial charge in [0.15, 0.2) is 0 Å². The van der Waals surface area contributed by atoms with Gasteiger partial charge in [-0.25, -0.2) is 4.98 Å². The molecular weight excluding hydrogens is 245 g/mol. The fourth-order valence-electron chi connectivity index (χ4n) is 1.40. The van der Waals surface area contributed by atoms with Gasteiger partial charge in [-0.15, -0.1) is 0 Å². The van der Waals surface area contributed by atoms with Crippen molar-refractivity contribution in [2.45, 2.75) is 13.5 Å². The predicted octanol–water partition coefficient (Wildman–Crippen LogP) is 2.98. The van der Waals surface area contributed by atoms with E-state index in [-0.39, 0.29) is 5.92 Å². The van der Waals surface area contributed by atoms with Crippen molar-refractivity contribution >= 4 is 23.2 Å². The van der Waals surface area contributed by atoms with Gasteiger partial charge in [-0.05, 0) is 26.1 Å². The third-order valence-corrected chi connectivity index (χ3v) is 2.66. The second kappa shape index (κ2) is 6.05. The molecule has 0 fully saturated rings. The number of pyridine rings is 1. The number of hydrogen-bond acceptors (Lipinski definition) is 3. The Morgan fingerprint density at radius 3 is 2.81 bits per heavy atom. The molecule has 16 heavy (non-hydrogen) atoms. The molecule has 1 aromatic rings. The van der Waals surface area contributed by atoms with Gasteiger partial charge in [0, 0.05) is 13.1 Å². The standard InChI is InChI=1S/C11H13Cl2N3/c1-8(5-14)6-16(2)7-10-9(12)3-4-11(13)15-10/h3-4,8H,6-7H2,1-2H3. The van der Waals surface area contributed by atoms with Crippen molar-refractivity contribution in [3.05, 3.63) is 28.0 Å². The Balaban J connectivity index is 2.66. The summed E-state index contributed by atoms with van der Waals surface area (Å²) in [5, 5.41) is 9.74. The maximum Gasteiger partial charge on any atom is 0.129 e. The summed E-state index contributed by atoms with van der Waals surface area (Å²) < 4.78 is 0. The molecule has 0 radical (unpaired) electrons. The van der Waals surface area contributed by atoms with E-state index in [0.717, 1.165) is 5.69 Å². The SMILES string of the molecule is CC(C#N)CN(C)Cc1nc(Cl)ccc1Cl. The molecule has 5 heteroatoms. The van der Waals surface area contributed by atoms with Gasteiger partial charge in [-0.1, -0.05) is 23.2 Å². The smallest absolute Gasteiger partial charge is 0.129 e. The molecule has 0 aromatic carbocycles. The lowest BCUT2D eigenvalue weighted by Gasteiger charge is -2.17. The first-order valence-corrected chi connectivity index (χ1v) is 5.67. The van der Waals surface area contributed by atoms with Crippen LogP contribution in [0.25, 0.3) is 0 Å². The Labute approximate surface area is 106 Å². The van der Waals surface area contributed by atoms with Crippen LogP contribution in [0.4, 0.5) is 0 Å². The van der Waals surface area contributed by atoms with Crippen molar-refractivity contribution in [1.29, 1.82) is 5.26 Å². The van der Waals surface area contributed by atoms with Crippen LogP contribution in [0, 0.1) is 17.2 Å². The first-order valence-electron chi connectivity index (χ1n) is 4.92. The first-order chi connectivity index (χ1) is 7.52. The van der Waals surface area contributed by atoms with E-state index in [1.54, 1.807) is 12.1 Å². The average molecular weight is 258 g/mol. The molecule has 0 amide bonds. The largest absolute Gasteiger partial charge is 0.299 e. The molecule has 0 N–H and O–H groups in total. The van der Waals surface area contributed by atoms with Crippen molar-refractivity contribution in [3.63, 3.8) is 0 Å². The predicted molar refractivity (Wildman–Crippen MR) is 65.4 cm³/mol. The van der Waals surface area contributed by atoms with Crippen molar-refractivity contribution < 1.29 is 0 Å². The van der Waals surface area contributed by atoms with E-state index < -0.39 is 0 Å². The molecule has 1 aromatic heterocycles. The van der Waals surface area contributed by atoms with E-state index in [1.807, 2.05) is 18.9 Å². The summed E-state index contributed by atoms with van der Waals surface area (Å²) in [5.41, 5.74) is 0.738. The Morgan fingerprint density at radius 2 is 2.19 bits per heavy atom. The Hall–Kier alpha value is -0.820. The highest BCUT2D eigenvalue weighted by atomic mass is 35.5. The molecule has 0 aliphatic heterocycles. The van der Waals surface area contributed by atoms with E-state index in [2.05, 4.69) is 11.1 Å². The Bertz CT molecular complexity index is 401. The summed E-state index contributed by atoms with van der Waals surface area (Å²) in [7, 11) is 1.92. The Morgan fingerprint density at radius 1 is 1.50 bits per heavy atom. The highest BCUT2D eigenvalue weighted by Crippen LogP contribution is 2.18. The number of nitrogens with zero attached hydrogens (tertiary/aromatic N) is 3. The normalized spacial score (nSPS) is 12.5. The van der Waals surface area contributed by atoms with E-state index >= 15 is 0 Å². The van der Waals surface area contributed by atoms with Gasteiger partial charge in [0.05, 0.1) is 22.7 Å². The van der Waals surface area contributed by atoms with E-state index in [4.69, 9.17) is 28.5 Å². The van der Waals surface area contributed by atoms with Crippen LogP contribution in [0.2, 0.25) is 10.2 Å². The maximum absolute atomic E-state index is 8.71. The highest BCUT2D eigenvalue weighted by molar-refractivity contribution is 6.32. The third-order valence-electron chi connectivity index (χ3n) is 2.11. The minimum absolute atomic E-state index is 0.0111. The summed E-state index contributed by atoms with van der Waals surface area (Å²) in [6, 6.07) is 5.57. The van der Waals surface area contributed by atoms with Gasteiger partial charge >= 0.3 is 0 Å². The zero-order valence-electron chi connectivity index (χ0n) is 9.24. The fourth-order valence-corrected chi connectivity index (χ4v) is 1.73. The second-order valence-corrected chi connectivity index (χ2v) is 4.58. The maximum atomic E-state index is 8.71. The van der Waals surface area contributed by atoms with Crippen molar-refractivity contribution in [2.24, 2.45) is 5.92 Å². The summed E-state index contributed by atoms with van der Waals surface area (Å²) in [6.07, 6.45) is 0. The molecule has 0 spiro atoms. The van der Waals surface area contributed by atoms with Crippen LogP contribution in [-0.2, 0) is 6.54 Å². The number of rotatable bonds is 4.